The molecule has 0 amide bonds. The molecule has 1 aromatic carbocycles. The van der Waals surface area contributed by atoms with Gasteiger partial charge < -0.3 is 4.74 Å². The van der Waals surface area contributed by atoms with Crippen LogP contribution in [0.15, 0.2) is 24.3 Å². The lowest BCUT2D eigenvalue weighted by atomic mass is 10.2. The van der Waals surface area contributed by atoms with Gasteiger partial charge in [-0.05, 0) is 26.0 Å². The highest BCUT2D eigenvalue weighted by Crippen LogP contribution is 2.38. The fourth-order valence-corrected chi connectivity index (χ4v) is 3.69. The molecule has 0 N–H and O–H groups in total. The first kappa shape index (κ1) is 16.9. The molecular weight excluding hydrogens is 441 g/mol. The van der Waals surface area contributed by atoms with Crippen molar-refractivity contribution in [3.8, 4) is 10.6 Å². The molecule has 0 saturated heterocycles. The number of thiazole rings is 1. The number of aromatic nitrogens is 1. The van der Waals surface area contributed by atoms with E-state index in [4.69, 9.17) is 16.3 Å². The topological polar surface area (TPSA) is 39.2 Å². The Kier molecular flexibility index (Phi) is 5.82. The van der Waals surface area contributed by atoms with Crippen LogP contribution in [0.3, 0.4) is 0 Å². The summed E-state index contributed by atoms with van der Waals surface area (Å²) in [5.41, 5.74) is 1.53. The van der Waals surface area contributed by atoms with Crippen LogP contribution in [0.5, 0.6) is 0 Å². The zero-order valence-corrected chi connectivity index (χ0v) is 16.0. The Balaban J connectivity index is 2.41. The third kappa shape index (κ3) is 4.28. The van der Waals surface area contributed by atoms with Crippen LogP contribution in [0.4, 0.5) is 0 Å². The predicted octanol–water partition coefficient (Wildman–Crippen LogP) is 5.82. The molecule has 0 aliphatic heterocycles. The van der Waals surface area contributed by atoms with Gasteiger partial charge in [-0.25, -0.2) is 9.78 Å². The second-order valence-electron chi connectivity index (χ2n) is 4.50. The maximum Gasteiger partial charge on any atom is 0.350 e. The van der Waals surface area contributed by atoms with Gasteiger partial charge in [0, 0.05) is 10.6 Å². The van der Waals surface area contributed by atoms with E-state index in [0.717, 1.165) is 10.6 Å². The van der Waals surface area contributed by atoms with Gasteiger partial charge in [0.05, 0.1) is 11.8 Å². The SMILES string of the molecule is CC(C)OC(=O)c1sc(-c2ccc(Cl)cc2)nc1C(Br)Br. The summed E-state index contributed by atoms with van der Waals surface area (Å²) in [6, 6.07) is 7.34. The van der Waals surface area contributed by atoms with Gasteiger partial charge in [-0.2, -0.15) is 0 Å². The molecule has 0 spiro atoms. The van der Waals surface area contributed by atoms with Crippen molar-refractivity contribution in [3.05, 3.63) is 39.9 Å². The van der Waals surface area contributed by atoms with E-state index in [1.807, 2.05) is 26.0 Å². The van der Waals surface area contributed by atoms with Gasteiger partial charge in [-0.1, -0.05) is 55.6 Å². The maximum absolute atomic E-state index is 12.2. The van der Waals surface area contributed by atoms with E-state index < -0.39 is 0 Å². The van der Waals surface area contributed by atoms with E-state index in [-0.39, 0.29) is 15.8 Å². The number of hydrogen-bond donors (Lipinski definition) is 0. The Labute approximate surface area is 148 Å². The summed E-state index contributed by atoms with van der Waals surface area (Å²) in [7, 11) is 0. The normalized spacial score (nSPS) is 11.2. The molecule has 112 valence electrons. The van der Waals surface area contributed by atoms with Crippen molar-refractivity contribution in [1.82, 2.24) is 4.98 Å². The number of benzene rings is 1. The summed E-state index contributed by atoms with van der Waals surface area (Å²) in [6.07, 6.45) is -0.171. The molecule has 0 radical (unpaired) electrons. The van der Waals surface area contributed by atoms with Gasteiger partial charge in [0.25, 0.3) is 0 Å². The van der Waals surface area contributed by atoms with Crippen LogP contribution in [0.25, 0.3) is 10.6 Å². The smallest absolute Gasteiger partial charge is 0.350 e. The van der Waals surface area contributed by atoms with Crippen molar-refractivity contribution in [2.24, 2.45) is 0 Å². The third-order valence-corrected chi connectivity index (χ3v) is 4.70. The Bertz CT molecular complexity index is 641. The molecular formula is C14H12Br2ClNO2S. The minimum absolute atomic E-state index is 0.171. The number of alkyl halides is 2. The van der Waals surface area contributed by atoms with Gasteiger partial charge in [0.15, 0.2) is 0 Å². The highest BCUT2D eigenvalue weighted by molar-refractivity contribution is 9.24. The van der Waals surface area contributed by atoms with E-state index in [1.165, 1.54) is 11.3 Å². The Hall–Kier alpha value is -0.430. The fraction of sp³-hybridized carbons (Fsp3) is 0.286. The van der Waals surface area contributed by atoms with E-state index in [1.54, 1.807) is 12.1 Å². The van der Waals surface area contributed by atoms with E-state index >= 15 is 0 Å². The zero-order valence-electron chi connectivity index (χ0n) is 11.3. The van der Waals surface area contributed by atoms with Crippen molar-refractivity contribution in [2.45, 2.75) is 23.7 Å². The number of ether oxygens (including phenoxy) is 1. The average molecular weight is 454 g/mol. The summed E-state index contributed by atoms with van der Waals surface area (Å²) in [5.74, 6) is -0.360. The summed E-state index contributed by atoms with van der Waals surface area (Å²) >= 11 is 14.0. The highest BCUT2D eigenvalue weighted by atomic mass is 79.9. The first-order valence-corrected chi connectivity index (χ1v) is 9.17. The lowest BCUT2D eigenvalue weighted by molar-refractivity contribution is 0.0382. The molecule has 0 aliphatic rings. The maximum atomic E-state index is 12.2. The molecule has 21 heavy (non-hydrogen) atoms. The molecule has 2 rings (SSSR count). The molecule has 3 nitrogen and oxygen atoms in total. The van der Waals surface area contributed by atoms with Gasteiger partial charge in [-0.3, -0.25) is 0 Å². The van der Waals surface area contributed by atoms with Crippen LogP contribution < -0.4 is 0 Å². The van der Waals surface area contributed by atoms with Crippen molar-refractivity contribution in [1.29, 1.82) is 0 Å². The van der Waals surface area contributed by atoms with E-state index in [0.29, 0.717) is 15.6 Å². The van der Waals surface area contributed by atoms with Crippen LogP contribution in [0.1, 0.15) is 32.9 Å². The fourth-order valence-electron chi connectivity index (χ4n) is 1.61. The van der Waals surface area contributed by atoms with Crippen molar-refractivity contribution in [3.63, 3.8) is 0 Å². The lowest BCUT2D eigenvalue weighted by Gasteiger charge is -2.07. The van der Waals surface area contributed by atoms with Gasteiger partial charge in [0.1, 0.15) is 13.6 Å². The molecule has 1 heterocycles. The summed E-state index contributed by atoms with van der Waals surface area (Å²) in [5, 5.41) is 1.41. The van der Waals surface area contributed by atoms with E-state index in [2.05, 4.69) is 36.8 Å². The summed E-state index contributed by atoms with van der Waals surface area (Å²) in [4.78, 5) is 17.2. The molecule has 0 unspecified atom stereocenters. The zero-order chi connectivity index (χ0) is 15.6. The number of esters is 1. The Morgan fingerprint density at radius 2 is 1.90 bits per heavy atom. The first-order valence-electron chi connectivity index (χ1n) is 6.14. The van der Waals surface area contributed by atoms with Crippen LogP contribution >= 0.6 is 54.8 Å². The molecule has 0 bridgehead atoms. The minimum Gasteiger partial charge on any atom is -0.459 e. The molecule has 0 aliphatic carbocycles. The Morgan fingerprint density at radius 3 is 2.43 bits per heavy atom. The monoisotopic (exact) mass is 451 g/mol. The summed E-state index contributed by atoms with van der Waals surface area (Å²) in [6.45, 7) is 3.64. The predicted molar refractivity (Wildman–Crippen MR) is 93.7 cm³/mol. The van der Waals surface area contributed by atoms with Gasteiger partial charge >= 0.3 is 5.97 Å². The lowest BCUT2D eigenvalue weighted by Crippen LogP contribution is -2.11. The van der Waals surface area contributed by atoms with Gasteiger partial charge in [-0.15, -0.1) is 11.3 Å². The standard InChI is InChI=1S/C14H12Br2ClNO2S/c1-7(2)20-14(19)11-10(12(15)16)18-13(21-11)8-3-5-9(17)6-4-8/h3-7,12H,1-2H3. The van der Waals surface area contributed by atoms with Crippen LogP contribution in [0.2, 0.25) is 5.02 Å². The number of carbonyl (C=O) groups is 1. The number of hydrogen-bond acceptors (Lipinski definition) is 4. The van der Waals surface area contributed by atoms with Crippen LogP contribution in [-0.4, -0.2) is 17.1 Å². The number of halogens is 3. The van der Waals surface area contributed by atoms with E-state index in [9.17, 15) is 4.79 Å². The van der Waals surface area contributed by atoms with Crippen molar-refractivity contribution in [2.75, 3.05) is 0 Å². The van der Waals surface area contributed by atoms with Gasteiger partial charge in [0.2, 0.25) is 0 Å². The number of nitrogens with zero attached hydrogens (tertiary/aromatic N) is 1. The quantitative estimate of drug-likeness (QED) is 0.433. The van der Waals surface area contributed by atoms with Crippen LogP contribution in [-0.2, 0) is 4.74 Å². The molecule has 0 atom stereocenters. The Morgan fingerprint density at radius 1 is 1.29 bits per heavy atom. The third-order valence-electron chi connectivity index (χ3n) is 2.48. The van der Waals surface area contributed by atoms with Crippen molar-refractivity contribution < 1.29 is 9.53 Å². The second-order valence-corrected chi connectivity index (χ2v) is 8.99. The average Bonchev–Trinajstić information content (AvgIpc) is 2.84. The summed E-state index contributed by atoms with van der Waals surface area (Å²) < 4.78 is 5.05. The molecule has 1 aromatic heterocycles. The van der Waals surface area contributed by atoms with Crippen LogP contribution in [0, 0.1) is 0 Å². The number of carbonyl (C=O) groups excluding carboxylic acids is 1. The molecule has 0 fully saturated rings. The molecule has 0 saturated carbocycles. The second kappa shape index (κ2) is 7.22. The van der Waals surface area contributed by atoms with Crippen molar-refractivity contribution >= 4 is 60.8 Å². The highest BCUT2D eigenvalue weighted by Gasteiger charge is 2.24. The number of rotatable bonds is 4. The minimum atomic E-state index is -0.360. The largest absolute Gasteiger partial charge is 0.459 e. The molecule has 7 heteroatoms. The molecule has 2 aromatic rings. The first-order chi connectivity index (χ1) is 9.88.